The Balaban J connectivity index is 2.52. The van der Waals surface area contributed by atoms with Gasteiger partial charge in [-0.05, 0) is 37.6 Å². The second-order valence-corrected chi connectivity index (χ2v) is 7.22. The largest absolute Gasteiger partial charge is 0.330 e. The first-order chi connectivity index (χ1) is 8.22. The summed E-state index contributed by atoms with van der Waals surface area (Å²) < 4.78 is 12.3. The molecule has 3 heteroatoms. The molecule has 0 radical (unpaired) electrons. The van der Waals surface area contributed by atoms with E-state index >= 15 is 0 Å². The van der Waals surface area contributed by atoms with Gasteiger partial charge in [0.15, 0.2) is 0 Å². The Labute approximate surface area is 109 Å². The lowest BCUT2D eigenvalue weighted by Gasteiger charge is -2.35. The fraction of sp³-hybridized carbons (Fsp3) is 1.00. The lowest BCUT2D eigenvalue weighted by molar-refractivity contribution is 0.272. The highest BCUT2D eigenvalue weighted by atomic mass is 32.2. The Bertz CT molecular complexity index is 232. The van der Waals surface area contributed by atoms with E-state index in [9.17, 15) is 4.21 Å². The van der Waals surface area contributed by atoms with Crippen molar-refractivity contribution in [2.75, 3.05) is 12.3 Å². The zero-order valence-corrected chi connectivity index (χ0v) is 12.3. The molecule has 17 heavy (non-hydrogen) atoms. The SMILES string of the molecule is CCCCS(=O)C1CC(CCC)CCC1CN. The van der Waals surface area contributed by atoms with Crippen molar-refractivity contribution in [1.82, 2.24) is 0 Å². The van der Waals surface area contributed by atoms with Gasteiger partial charge in [0, 0.05) is 21.8 Å². The van der Waals surface area contributed by atoms with Crippen molar-refractivity contribution in [2.45, 2.75) is 64.0 Å². The average Bonchev–Trinajstić information content (AvgIpc) is 2.36. The third-order valence-electron chi connectivity index (χ3n) is 4.07. The van der Waals surface area contributed by atoms with Gasteiger partial charge in [-0.25, -0.2) is 0 Å². The maximum atomic E-state index is 12.3. The third-order valence-corrected chi connectivity index (χ3v) is 6.02. The van der Waals surface area contributed by atoms with Crippen LogP contribution in [0, 0.1) is 11.8 Å². The minimum absolute atomic E-state index is 0.386. The summed E-state index contributed by atoms with van der Waals surface area (Å²) in [5.74, 6) is 2.20. The van der Waals surface area contributed by atoms with Gasteiger partial charge in [-0.3, -0.25) is 4.21 Å². The van der Waals surface area contributed by atoms with E-state index in [0.717, 1.165) is 37.5 Å². The van der Waals surface area contributed by atoms with Crippen molar-refractivity contribution < 1.29 is 4.21 Å². The van der Waals surface area contributed by atoms with E-state index in [1.165, 1.54) is 25.7 Å². The molecule has 1 saturated carbocycles. The summed E-state index contributed by atoms with van der Waals surface area (Å²) in [5.41, 5.74) is 5.85. The van der Waals surface area contributed by atoms with Crippen LogP contribution in [-0.4, -0.2) is 21.8 Å². The van der Waals surface area contributed by atoms with Crippen LogP contribution in [0.4, 0.5) is 0 Å². The number of rotatable bonds is 7. The molecule has 0 aromatic rings. The highest BCUT2D eigenvalue weighted by molar-refractivity contribution is 7.85. The lowest BCUT2D eigenvalue weighted by Crippen LogP contribution is -2.38. The Hall–Kier alpha value is 0.110. The molecule has 0 aliphatic heterocycles. The molecule has 2 N–H and O–H groups in total. The van der Waals surface area contributed by atoms with Crippen LogP contribution in [0.15, 0.2) is 0 Å². The van der Waals surface area contributed by atoms with Gasteiger partial charge in [0.1, 0.15) is 0 Å². The molecule has 1 aliphatic rings. The quantitative estimate of drug-likeness (QED) is 0.763. The smallest absolute Gasteiger partial charge is 0.0390 e. The summed E-state index contributed by atoms with van der Waals surface area (Å²) in [6, 6.07) is 0. The summed E-state index contributed by atoms with van der Waals surface area (Å²) >= 11 is 0. The zero-order chi connectivity index (χ0) is 12.7. The minimum Gasteiger partial charge on any atom is -0.330 e. The number of hydrogen-bond acceptors (Lipinski definition) is 2. The summed E-state index contributed by atoms with van der Waals surface area (Å²) in [6.07, 6.45) is 8.46. The minimum atomic E-state index is -0.641. The fourth-order valence-corrected chi connectivity index (χ4v) is 5.01. The van der Waals surface area contributed by atoms with E-state index in [2.05, 4.69) is 13.8 Å². The van der Waals surface area contributed by atoms with Crippen LogP contribution >= 0.6 is 0 Å². The normalized spacial score (nSPS) is 31.4. The van der Waals surface area contributed by atoms with Crippen LogP contribution in [0.5, 0.6) is 0 Å². The van der Waals surface area contributed by atoms with Crippen molar-refractivity contribution in [3.63, 3.8) is 0 Å². The number of unbranched alkanes of at least 4 members (excludes halogenated alkanes) is 1. The first-order valence-electron chi connectivity index (χ1n) is 7.30. The summed E-state index contributed by atoms with van der Waals surface area (Å²) in [5, 5.41) is 0.386. The number of nitrogens with two attached hydrogens (primary N) is 1. The van der Waals surface area contributed by atoms with Gasteiger partial charge < -0.3 is 5.73 Å². The van der Waals surface area contributed by atoms with E-state index in [1.54, 1.807) is 0 Å². The highest BCUT2D eigenvalue weighted by Crippen LogP contribution is 2.34. The molecule has 4 unspecified atom stereocenters. The van der Waals surface area contributed by atoms with Gasteiger partial charge in [-0.15, -0.1) is 0 Å². The molecule has 0 heterocycles. The molecule has 0 spiro atoms. The molecule has 0 aromatic carbocycles. The van der Waals surface area contributed by atoms with Crippen molar-refractivity contribution in [3.8, 4) is 0 Å². The molecule has 0 bridgehead atoms. The molecule has 0 amide bonds. The van der Waals surface area contributed by atoms with Gasteiger partial charge in [0.25, 0.3) is 0 Å². The molecule has 1 rings (SSSR count). The predicted octanol–water partition coefficient (Wildman–Crippen LogP) is 3.08. The molecule has 4 atom stereocenters. The van der Waals surface area contributed by atoms with Gasteiger partial charge >= 0.3 is 0 Å². The number of hydrogen-bond donors (Lipinski definition) is 1. The monoisotopic (exact) mass is 259 g/mol. The van der Waals surface area contributed by atoms with Gasteiger partial charge in [-0.2, -0.15) is 0 Å². The van der Waals surface area contributed by atoms with Crippen molar-refractivity contribution in [1.29, 1.82) is 0 Å². The second kappa shape index (κ2) is 8.25. The molecule has 1 fully saturated rings. The predicted molar refractivity (Wildman–Crippen MR) is 76.5 cm³/mol. The average molecular weight is 259 g/mol. The van der Waals surface area contributed by atoms with E-state index in [0.29, 0.717) is 11.2 Å². The highest BCUT2D eigenvalue weighted by Gasteiger charge is 2.32. The Morgan fingerprint density at radius 2 is 2.00 bits per heavy atom. The maximum Gasteiger partial charge on any atom is 0.0390 e. The van der Waals surface area contributed by atoms with Crippen LogP contribution in [-0.2, 0) is 10.8 Å². The molecular weight excluding hydrogens is 230 g/mol. The van der Waals surface area contributed by atoms with Crippen molar-refractivity contribution in [3.05, 3.63) is 0 Å². The third kappa shape index (κ3) is 4.70. The molecule has 102 valence electrons. The second-order valence-electron chi connectivity index (χ2n) is 5.44. The van der Waals surface area contributed by atoms with E-state index < -0.39 is 10.8 Å². The lowest BCUT2D eigenvalue weighted by atomic mass is 9.80. The van der Waals surface area contributed by atoms with Crippen LogP contribution in [0.2, 0.25) is 0 Å². The van der Waals surface area contributed by atoms with E-state index in [-0.39, 0.29) is 0 Å². The molecule has 0 saturated heterocycles. The van der Waals surface area contributed by atoms with Crippen molar-refractivity contribution in [2.24, 2.45) is 17.6 Å². The van der Waals surface area contributed by atoms with E-state index in [4.69, 9.17) is 5.73 Å². The van der Waals surface area contributed by atoms with Crippen molar-refractivity contribution >= 4 is 10.8 Å². The maximum absolute atomic E-state index is 12.3. The molecule has 0 aromatic heterocycles. The summed E-state index contributed by atoms with van der Waals surface area (Å²) in [4.78, 5) is 0. The Morgan fingerprint density at radius 1 is 1.24 bits per heavy atom. The first kappa shape index (κ1) is 15.2. The van der Waals surface area contributed by atoms with Crippen LogP contribution in [0.25, 0.3) is 0 Å². The van der Waals surface area contributed by atoms with Crippen LogP contribution in [0.1, 0.15) is 58.8 Å². The Morgan fingerprint density at radius 3 is 2.59 bits per heavy atom. The van der Waals surface area contributed by atoms with Gasteiger partial charge in [-0.1, -0.05) is 39.5 Å². The zero-order valence-electron chi connectivity index (χ0n) is 11.5. The molecule has 1 aliphatic carbocycles. The standard InChI is InChI=1S/C14H29NOS/c1-3-5-9-17(16)14-10-12(6-4-2)7-8-13(14)11-15/h12-14H,3-11,15H2,1-2H3. The van der Waals surface area contributed by atoms with E-state index in [1.807, 2.05) is 0 Å². The first-order valence-corrected chi connectivity index (χ1v) is 8.68. The molecular formula is C14H29NOS. The summed E-state index contributed by atoms with van der Waals surface area (Å²) in [6.45, 7) is 5.14. The topological polar surface area (TPSA) is 43.1 Å². The van der Waals surface area contributed by atoms with Gasteiger partial charge in [0.05, 0.1) is 0 Å². The van der Waals surface area contributed by atoms with Crippen LogP contribution in [0.3, 0.4) is 0 Å². The summed E-state index contributed by atoms with van der Waals surface area (Å²) in [7, 11) is -0.641. The van der Waals surface area contributed by atoms with Crippen LogP contribution < -0.4 is 5.73 Å². The Kier molecular flexibility index (Phi) is 7.36. The molecule has 2 nitrogen and oxygen atoms in total. The fourth-order valence-electron chi connectivity index (χ4n) is 2.97. The van der Waals surface area contributed by atoms with Gasteiger partial charge in [0.2, 0.25) is 0 Å².